The first-order chi connectivity index (χ1) is 9.61. The van der Waals surface area contributed by atoms with Gasteiger partial charge < -0.3 is 10.2 Å². The highest BCUT2D eigenvalue weighted by Crippen LogP contribution is 2.29. The number of hydrogen-bond donors (Lipinski definition) is 2. The van der Waals surface area contributed by atoms with Crippen LogP contribution in [-0.4, -0.2) is 16.5 Å². The van der Waals surface area contributed by atoms with Crippen LogP contribution in [0.2, 0.25) is 0 Å². The molecule has 2 rings (SSSR count). The van der Waals surface area contributed by atoms with E-state index < -0.39 is 4.92 Å². The van der Waals surface area contributed by atoms with Gasteiger partial charge in [0.25, 0.3) is 5.88 Å². The number of nitrogens with two attached hydrogens (primary N) is 1. The Labute approximate surface area is 117 Å². The molecule has 1 aromatic rings. The van der Waals surface area contributed by atoms with Crippen LogP contribution in [0.25, 0.3) is 0 Å². The second-order valence-corrected chi connectivity index (χ2v) is 4.91. The Morgan fingerprint density at radius 2 is 2.25 bits per heavy atom. The zero-order chi connectivity index (χ0) is 14.5. The Hall–Kier alpha value is -2.15. The van der Waals surface area contributed by atoms with Gasteiger partial charge in [-0.25, -0.2) is 5.84 Å². The smallest absolute Gasteiger partial charge is 0.331 e. The molecule has 20 heavy (non-hydrogen) atoms. The van der Waals surface area contributed by atoms with Crippen molar-refractivity contribution in [1.82, 2.24) is 4.98 Å². The van der Waals surface area contributed by atoms with Gasteiger partial charge in [0, 0.05) is 6.07 Å². The maximum Gasteiger partial charge on any atom is 0.331 e. The van der Waals surface area contributed by atoms with E-state index in [1.54, 1.807) is 0 Å². The van der Waals surface area contributed by atoms with Gasteiger partial charge in [0.1, 0.15) is 5.82 Å². The number of hydrogen-bond acceptors (Lipinski definition) is 6. The summed E-state index contributed by atoms with van der Waals surface area (Å²) < 4.78 is 5.57. The number of nitro groups is 1. The molecule has 0 saturated heterocycles. The lowest BCUT2D eigenvalue weighted by Gasteiger charge is -2.24. The van der Waals surface area contributed by atoms with Crippen molar-refractivity contribution < 1.29 is 9.66 Å². The molecule has 2 atom stereocenters. The van der Waals surface area contributed by atoms with Gasteiger partial charge in [0.15, 0.2) is 0 Å². The number of aromatic nitrogens is 1. The fraction of sp³-hybridized carbons (Fsp3) is 0.462. The second kappa shape index (κ2) is 6.33. The predicted molar refractivity (Wildman–Crippen MR) is 75.2 cm³/mol. The molecule has 0 bridgehead atoms. The van der Waals surface area contributed by atoms with E-state index in [1.807, 2.05) is 0 Å². The normalized spacial score (nSPS) is 21.5. The van der Waals surface area contributed by atoms with Gasteiger partial charge >= 0.3 is 5.69 Å². The number of pyridine rings is 1. The van der Waals surface area contributed by atoms with Gasteiger partial charge in [-0.2, -0.15) is 4.98 Å². The minimum absolute atomic E-state index is 0.00667. The summed E-state index contributed by atoms with van der Waals surface area (Å²) in [5.41, 5.74) is 2.21. The highest BCUT2D eigenvalue weighted by Gasteiger charge is 2.22. The molecule has 0 radical (unpaired) electrons. The summed E-state index contributed by atoms with van der Waals surface area (Å²) in [6.45, 7) is 2.56. The Morgan fingerprint density at radius 1 is 1.50 bits per heavy atom. The largest absolute Gasteiger partial charge is 0.472 e. The molecule has 0 saturated carbocycles. The van der Waals surface area contributed by atoms with Gasteiger partial charge in [0.05, 0.1) is 11.5 Å². The van der Waals surface area contributed by atoms with Crippen LogP contribution < -0.4 is 16.0 Å². The van der Waals surface area contributed by atoms with Crippen molar-refractivity contribution in [2.75, 3.05) is 12.0 Å². The number of nitrogens with one attached hydrogen (secondary N) is 1. The van der Waals surface area contributed by atoms with Crippen LogP contribution >= 0.6 is 0 Å². The minimum Gasteiger partial charge on any atom is -0.472 e. The third-order valence-corrected chi connectivity index (χ3v) is 3.54. The molecule has 0 aromatic carbocycles. The van der Waals surface area contributed by atoms with Crippen molar-refractivity contribution in [2.24, 2.45) is 17.7 Å². The number of nitrogens with zero attached hydrogens (tertiary/aromatic N) is 2. The predicted octanol–water partition coefficient (Wildman–Crippen LogP) is 2.26. The summed E-state index contributed by atoms with van der Waals surface area (Å²) in [6.07, 6.45) is 6.20. The van der Waals surface area contributed by atoms with E-state index in [2.05, 4.69) is 29.5 Å². The quantitative estimate of drug-likeness (QED) is 0.370. The maximum absolute atomic E-state index is 11.0. The maximum atomic E-state index is 11.0. The Kier molecular flexibility index (Phi) is 4.52. The molecule has 0 amide bonds. The average Bonchev–Trinajstić information content (AvgIpc) is 2.46. The molecule has 0 aliphatic heterocycles. The lowest BCUT2D eigenvalue weighted by molar-refractivity contribution is -0.386. The molecule has 1 aliphatic carbocycles. The molecule has 7 nitrogen and oxygen atoms in total. The van der Waals surface area contributed by atoms with Gasteiger partial charge in [-0.05, 0) is 30.7 Å². The van der Waals surface area contributed by atoms with Crippen LogP contribution in [0.4, 0.5) is 11.5 Å². The first kappa shape index (κ1) is 14.3. The molecule has 0 fully saturated rings. The SMILES string of the molecule is CC1CC=CCC1COc1nc(NN)ccc1[N+](=O)[O-]. The number of allylic oxidation sites excluding steroid dienone is 2. The van der Waals surface area contributed by atoms with Gasteiger partial charge in [-0.3, -0.25) is 10.1 Å². The molecule has 3 N–H and O–H groups in total. The summed E-state index contributed by atoms with van der Waals surface area (Å²) >= 11 is 0. The number of hydrazine groups is 1. The van der Waals surface area contributed by atoms with Crippen LogP contribution in [0.15, 0.2) is 24.3 Å². The first-order valence-corrected chi connectivity index (χ1v) is 6.51. The fourth-order valence-electron chi connectivity index (χ4n) is 2.18. The van der Waals surface area contributed by atoms with E-state index in [4.69, 9.17) is 10.6 Å². The molecule has 2 unspecified atom stereocenters. The standard InChI is InChI=1S/C13H18N4O3/c1-9-4-2-3-5-10(9)8-20-13-11(17(18)19)6-7-12(15-13)16-14/h2-3,6-7,9-10H,4-5,8,14H2,1H3,(H,15,16). The van der Waals surface area contributed by atoms with Crippen molar-refractivity contribution in [3.8, 4) is 5.88 Å². The number of nitrogen functional groups attached to an aromatic ring is 1. The summed E-state index contributed by atoms with van der Waals surface area (Å²) in [7, 11) is 0. The zero-order valence-electron chi connectivity index (χ0n) is 11.3. The molecule has 108 valence electrons. The van der Waals surface area contributed by atoms with Gasteiger partial charge in [-0.1, -0.05) is 19.1 Å². The third-order valence-electron chi connectivity index (χ3n) is 3.54. The Morgan fingerprint density at radius 3 is 2.90 bits per heavy atom. The molecule has 0 spiro atoms. The topological polar surface area (TPSA) is 103 Å². The lowest BCUT2D eigenvalue weighted by atomic mass is 9.85. The third kappa shape index (κ3) is 3.24. The van der Waals surface area contributed by atoms with E-state index in [-0.39, 0.29) is 11.6 Å². The van der Waals surface area contributed by atoms with E-state index in [9.17, 15) is 10.1 Å². The summed E-state index contributed by atoms with van der Waals surface area (Å²) in [4.78, 5) is 14.5. The Bertz CT molecular complexity index is 518. The first-order valence-electron chi connectivity index (χ1n) is 6.51. The fourth-order valence-corrected chi connectivity index (χ4v) is 2.18. The highest BCUT2D eigenvalue weighted by molar-refractivity contribution is 5.48. The number of anilines is 1. The van der Waals surface area contributed by atoms with Crippen LogP contribution in [0.5, 0.6) is 5.88 Å². The van der Waals surface area contributed by atoms with E-state index >= 15 is 0 Å². The molecule has 7 heteroatoms. The summed E-state index contributed by atoms with van der Waals surface area (Å²) in [5.74, 6) is 6.44. The molecular formula is C13H18N4O3. The van der Waals surface area contributed by atoms with Gasteiger partial charge in [0.2, 0.25) is 0 Å². The van der Waals surface area contributed by atoms with Gasteiger partial charge in [-0.15, -0.1) is 0 Å². The number of ether oxygens (including phenoxy) is 1. The van der Waals surface area contributed by atoms with Crippen LogP contribution in [0.1, 0.15) is 19.8 Å². The monoisotopic (exact) mass is 278 g/mol. The van der Waals surface area contributed by atoms with Crippen LogP contribution in [-0.2, 0) is 0 Å². The summed E-state index contributed by atoms with van der Waals surface area (Å²) in [6, 6.07) is 2.78. The van der Waals surface area contributed by atoms with Crippen molar-refractivity contribution in [3.63, 3.8) is 0 Å². The second-order valence-electron chi connectivity index (χ2n) is 4.91. The average molecular weight is 278 g/mol. The van der Waals surface area contributed by atoms with E-state index in [1.165, 1.54) is 12.1 Å². The molecular weight excluding hydrogens is 260 g/mol. The van der Waals surface area contributed by atoms with Crippen molar-refractivity contribution in [2.45, 2.75) is 19.8 Å². The Balaban J connectivity index is 2.11. The minimum atomic E-state index is -0.507. The van der Waals surface area contributed by atoms with Crippen molar-refractivity contribution in [3.05, 3.63) is 34.4 Å². The van der Waals surface area contributed by atoms with Crippen molar-refractivity contribution in [1.29, 1.82) is 0 Å². The van der Waals surface area contributed by atoms with Crippen molar-refractivity contribution >= 4 is 11.5 Å². The molecule has 1 heterocycles. The highest BCUT2D eigenvalue weighted by atomic mass is 16.6. The lowest BCUT2D eigenvalue weighted by Crippen LogP contribution is -2.22. The molecule has 1 aliphatic rings. The number of rotatable bonds is 5. The van der Waals surface area contributed by atoms with E-state index in [0.29, 0.717) is 24.3 Å². The molecule has 1 aromatic heterocycles. The summed E-state index contributed by atoms with van der Waals surface area (Å²) in [5, 5.41) is 11.0. The van der Waals surface area contributed by atoms with E-state index in [0.717, 1.165) is 12.8 Å². The zero-order valence-corrected chi connectivity index (χ0v) is 11.3. The van der Waals surface area contributed by atoms with Crippen LogP contribution in [0.3, 0.4) is 0 Å². The van der Waals surface area contributed by atoms with Crippen LogP contribution in [0, 0.1) is 22.0 Å².